The first-order valence-electron chi connectivity index (χ1n) is 8.92. The molecule has 2 amide bonds. The number of carbonyl (C=O) groups is 2. The average molecular weight is 425 g/mol. The number of hydrogen-bond acceptors (Lipinski definition) is 6. The zero-order valence-electron chi connectivity index (χ0n) is 15.3. The predicted molar refractivity (Wildman–Crippen MR) is 108 cm³/mol. The van der Waals surface area contributed by atoms with E-state index in [0.29, 0.717) is 34.8 Å². The van der Waals surface area contributed by atoms with E-state index < -0.39 is 6.04 Å². The maximum atomic E-state index is 13.0. The normalized spacial score (nSPS) is 15.8. The van der Waals surface area contributed by atoms with Gasteiger partial charge in [-0.25, -0.2) is 4.98 Å². The molecule has 0 radical (unpaired) electrons. The lowest BCUT2D eigenvalue weighted by Gasteiger charge is -2.27. The maximum absolute atomic E-state index is 13.0. The van der Waals surface area contributed by atoms with Crippen LogP contribution in [0, 0.1) is 5.92 Å². The molecule has 0 spiro atoms. The highest BCUT2D eigenvalue weighted by Gasteiger charge is 2.27. The van der Waals surface area contributed by atoms with Crippen LogP contribution < -0.4 is 16.2 Å². The second kappa shape index (κ2) is 9.31. The van der Waals surface area contributed by atoms with E-state index in [1.807, 2.05) is 0 Å². The lowest BCUT2D eigenvalue weighted by molar-refractivity contribution is -0.120. The molecule has 1 unspecified atom stereocenters. The molecule has 1 saturated heterocycles. The summed E-state index contributed by atoms with van der Waals surface area (Å²) in [5.74, 6) is -0.353. The summed E-state index contributed by atoms with van der Waals surface area (Å²) < 4.78 is 7.22. The van der Waals surface area contributed by atoms with Gasteiger partial charge in [0.2, 0.25) is 11.8 Å². The molecule has 0 saturated carbocycles. The molecule has 10 heteroatoms. The number of thiazole rings is 1. The molecular formula is C18H21ClN4O4S. The van der Waals surface area contributed by atoms with Crippen molar-refractivity contribution in [2.24, 2.45) is 5.92 Å². The number of rotatable bonds is 6. The van der Waals surface area contributed by atoms with Gasteiger partial charge in [0.1, 0.15) is 10.4 Å². The number of nitrogens with one attached hydrogen (secondary N) is 2. The summed E-state index contributed by atoms with van der Waals surface area (Å²) in [7, 11) is 0. The van der Waals surface area contributed by atoms with Crippen molar-refractivity contribution < 1.29 is 14.3 Å². The van der Waals surface area contributed by atoms with Gasteiger partial charge in [0.05, 0.1) is 11.9 Å². The summed E-state index contributed by atoms with van der Waals surface area (Å²) in [5.41, 5.74) is 0.132. The second-order valence-corrected chi connectivity index (χ2v) is 8.27. The Morgan fingerprint density at radius 1 is 1.36 bits per heavy atom. The summed E-state index contributed by atoms with van der Waals surface area (Å²) in [6.45, 7) is 2.66. The van der Waals surface area contributed by atoms with Crippen molar-refractivity contribution >= 4 is 45.6 Å². The van der Waals surface area contributed by atoms with Gasteiger partial charge in [0, 0.05) is 32.4 Å². The first-order chi connectivity index (χ1) is 13.4. The molecule has 3 rings (SSSR count). The predicted octanol–water partition coefficient (Wildman–Crippen LogP) is 2.91. The summed E-state index contributed by atoms with van der Waals surface area (Å²) in [6.07, 6.45) is 5.10. The molecule has 150 valence electrons. The second-order valence-electron chi connectivity index (χ2n) is 6.61. The van der Waals surface area contributed by atoms with E-state index >= 15 is 0 Å². The number of amides is 2. The Kier molecular flexibility index (Phi) is 6.82. The topological polar surface area (TPSA) is 102 Å². The zero-order valence-corrected chi connectivity index (χ0v) is 16.9. The van der Waals surface area contributed by atoms with E-state index in [4.69, 9.17) is 16.3 Å². The van der Waals surface area contributed by atoms with Crippen LogP contribution in [0.15, 0.2) is 29.3 Å². The van der Waals surface area contributed by atoms with E-state index in [1.54, 1.807) is 0 Å². The van der Waals surface area contributed by atoms with Gasteiger partial charge >= 0.3 is 0 Å². The molecule has 1 fully saturated rings. The van der Waals surface area contributed by atoms with E-state index in [2.05, 4.69) is 15.6 Å². The van der Waals surface area contributed by atoms with Gasteiger partial charge in [0.15, 0.2) is 5.13 Å². The number of aromatic nitrogens is 2. The molecule has 1 aliphatic rings. The Balaban J connectivity index is 1.89. The molecular weight excluding hydrogens is 404 g/mol. The third kappa shape index (κ3) is 5.40. The Bertz CT molecular complexity index is 907. The number of halogens is 1. The van der Waals surface area contributed by atoms with E-state index in [1.165, 1.54) is 36.0 Å². The minimum Gasteiger partial charge on any atom is -0.381 e. The first-order valence-corrected chi connectivity index (χ1v) is 10.1. The Labute approximate surface area is 170 Å². The van der Waals surface area contributed by atoms with Crippen molar-refractivity contribution in [1.82, 2.24) is 9.55 Å². The molecule has 1 atom stereocenters. The number of pyridine rings is 1. The molecule has 0 aromatic carbocycles. The molecule has 3 heterocycles. The molecule has 2 N–H and O–H groups in total. The van der Waals surface area contributed by atoms with E-state index in [9.17, 15) is 14.4 Å². The van der Waals surface area contributed by atoms with Crippen LogP contribution in [-0.4, -0.2) is 34.6 Å². The van der Waals surface area contributed by atoms with Crippen LogP contribution >= 0.6 is 22.9 Å². The summed E-state index contributed by atoms with van der Waals surface area (Å²) in [4.78, 5) is 40.9. The lowest BCUT2D eigenvalue weighted by Crippen LogP contribution is -2.35. The number of carbonyl (C=O) groups excluding carboxylic acids is 2. The monoisotopic (exact) mass is 424 g/mol. The van der Waals surface area contributed by atoms with Crippen LogP contribution in [0.5, 0.6) is 0 Å². The highest BCUT2D eigenvalue weighted by atomic mass is 35.5. The molecule has 2 aromatic heterocycles. The standard InChI is InChI=1S/C18H21ClN4O4S/c1-11(24)21-13-2-3-16(25)23(10-13)14(8-12-4-6-27-7-5-12)17(26)22-18-20-9-15(19)28-18/h2-3,9-10,12,14H,4-8H2,1H3,(H,21,24)(H,20,22,26). The summed E-state index contributed by atoms with van der Waals surface area (Å²) in [5, 5.41) is 5.76. The minimum absolute atomic E-state index is 0.251. The van der Waals surface area contributed by atoms with Crippen LogP contribution in [0.3, 0.4) is 0 Å². The summed E-state index contributed by atoms with van der Waals surface area (Å²) >= 11 is 7.03. The summed E-state index contributed by atoms with van der Waals surface area (Å²) in [6, 6.07) is 2.12. The van der Waals surface area contributed by atoms with Crippen molar-refractivity contribution in [3.63, 3.8) is 0 Å². The average Bonchev–Trinajstić information content (AvgIpc) is 3.06. The quantitative estimate of drug-likeness (QED) is 0.742. The fourth-order valence-corrected chi connectivity index (χ4v) is 3.99. The highest BCUT2D eigenvalue weighted by Crippen LogP contribution is 2.28. The molecule has 0 aliphatic carbocycles. The Hall–Kier alpha value is -2.23. The SMILES string of the molecule is CC(=O)Nc1ccc(=O)n(C(CC2CCOCC2)C(=O)Nc2ncc(Cl)s2)c1. The maximum Gasteiger partial charge on any atom is 0.251 e. The van der Waals surface area contributed by atoms with Gasteiger partial charge < -0.3 is 19.9 Å². The number of hydrogen-bond donors (Lipinski definition) is 2. The zero-order chi connectivity index (χ0) is 20.1. The molecule has 8 nitrogen and oxygen atoms in total. The minimum atomic E-state index is -0.744. The van der Waals surface area contributed by atoms with Crippen molar-refractivity contribution in [2.45, 2.75) is 32.2 Å². The van der Waals surface area contributed by atoms with Gasteiger partial charge in [0.25, 0.3) is 5.56 Å². The van der Waals surface area contributed by atoms with Crippen molar-refractivity contribution in [1.29, 1.82) is 0 Å². The lowest BCUT2D eigenvalue weighted by atomic mass is 9.92. The van der Waals surface area contributed by atoms with Gasteiger partial charge in [-0.3, -0.25) is 14.4 Å². The third-order valence-corrected chi connectivity index (χ3v) is 5.53. The van der Waals surface area contributed by atoms with Crippen molar-refractivity contribution in [2.75, 3.05) is 23.8 Å². The smallest absolute Gasteiger partial charge is 0.251 e. The van der Waals surface area contributed by atoms with Crippen molar-refractivity contribution in [3.05, 3.63) is 39.2 Å². The number of ether oxygens (including phenoxy) is 1. The van der Waals surface area contributed by atoms with Gasteiger partial charge in [-0.2, -0.15) is 0 Å². The van der Waals surface area contributed by atoms with E-state index in [0.717, 1.165) is 24.2 Å². The molecule has 0 bridgehead atoms. The van der Waals surface area contributed by atoms with Gasteiger partial charge in [-0.1, -0.05) is 22.9 Å². The van der Waals surface area contributed by atoms with Crippen LogP contribution in [0.4, 0.5) is 10.8 Å². The van der Waals surface area contributed by atoms with Gasteiger partial charge in [-0.05, 0) is 31.2 Å². The Morgan fingerprint density at radius 2 is 2.11 bits per heavy atom. The fourth-order valence-electron chi connectivity index (χ4n) is 3.17. The molecule has 1 aliphatic heterocycles. The largest absolute Gasteiger partial charge is 0.381 e. The Morgan fingerprint density at radius 3 is 2.75 bits per heavy atom. The van der Waals surface area contributed by atoms with Crippen LogP contribution in [0.2, 0.25) is 4.34 Å². The van der Waals surface area contributed by atoms with Crippen LogP contribution in [0.1, 0.15) is 32.2 Å². The first kappa shape index (κ1) is 20.5. The third-order valence-electron chi connectivity index (χ3n) is 4.50. The molecule has 2 aromatic rings. The van der Waals surface area contributed by atoms with Crippen LogP contribution in [0.25, 0.3) is 0 Å². The number of anilines is 2. The highest BCUT2D eigenvalue weighted by molar-refractivity contribution is 7.19. The molecule has 28 heavy (non-hydrogen) atoms. The fraction of sp³-hybridized carbons (Fsp3) is 0.444. The number of nitrogens with zero attached hydrogens (tertiary/aromatic N) is 2. The van der Waals surface area contributed by atoms with Gasteiger partial charge in [-0.15, -0.1) is 0 Å². The van der Waals surface area contributed by atoms with Crippen molar-refractivity contribution in [3.8, 4) is 0 Å². The van der Waals surface area contributed by atoms with E-state index in [-0.39, 0.29) is 23.3 Å². The van der Waals surface area contributed by atoms with Crippen LogP contribution in [-0.2, 0) is 14.3 Å².